The van der Waals surface area contributed by atoms with Crippen LogP contribution in [0.25, 0.3) is 5.57 Å². The van der Waals surface area contributed by atoms with E-state index in [1.54, 1.807) is 0 Å². The van der Waals surface area contributed by atoms with Crippen LogP contribution in [-0.4, -0.2) is 78.9 Å². The van der Waals surface area contributed by atoms with Crippen LogP contribution in [0.3, 0.4) is 0 Å². The Morgan fingerprint density at radius 3 is 1.88 bits per heavy atom. The standard InChI is InChI=1S/C37H36N2O6S2.Na/c1-3-38(26-28-11-7-5-8-12-28)32-19-15-30(16-20-32)37(35-24-23-34(46(40,41)42)25-36(35)47(43,44)45)31-17-21-33(22-18-31)39(4-2)27-29-13-9-6-10-14-29;/h5-25H,3-4,26-27H2,1-2H3,(H-,40,41,42,43,44,45);. The van der Waals surface area contributed by atoms with Crippen molar-refractivity contribution in [3.05, 3.63) is 155 Å². The van der Waals surface area contributed by atoms with Crippen LogP contribution in [0.2, 0.25) is 0 Å². The first kappa shape index (κ1) is 37.2. The van der Waals surface area contributed by atoms with Gasteiger partial charge in [0.2, 0.25) is 0 Å². The van der Waals surface area contributed by atoms with E-state index in [1.165, 1.54) is 6.07 Å². The summed E-state index contributed by atoms with van der Waals surface area (Å²) in [5.41, 5.74) is 5.92. The Hall–Kier alpha value is -3.61. The Balaban J connectivity index is 0.00000520. The van der Waals surface area contributed by atoms with Crippen LogP contribution in [0.4, 0.5) is 5.69 Å². The van der Waals surface area contributed by atoms with Gasteiger partial charge in [-0.25, -0.2) is 13.0 Å². The summed E-state index contributed by atoms with van der Waals surface area (Å²) >= 11 is 0. The topological polar surface area (TPSA) is 118 Å². The third-order valence-electron chi connectivity index (χ3n) is 8.03. The fraction of sp³-hybridized carbons (Fsp3) is 0.162. The minimum Gasteiger partial charge on any atom is -0.744 e. The van der Waals surface area contributed by atoms with Gasteiger partial charge in [0.05, 0.1) is 9.79 Å². The summed E-state index contributed by atoms with van der Waals surface area (Å²) < 4.78 is 73.3. The molecule has 0 fully saturated rings. The molecule has 48 heavy (non-hydrogen) atoms. The van der Waals surface area contributed by atoms with Crippen molar-refractivity contribution in [2.24, 2.45) is 0 Å². The van der Waals surface area contributed by atoms with Crippen LogP contribution in [0.1, 0.15) is 36.1 Å². The molecule has 243 valence electrons. The predicted molar refractivity (Wildman–Crippen MR) is 190 cm³/mol. The molecule has 0 aliphatic heterocycles. The molecule has 0 heterocycles. The molecule has 1 radical (unpaired) electrons. The van der Waals surface area contributed by atoms with E-state index < -0.39 is 30.0 Å². The van der Waals surface area contributed by atoms with E-state index in [0.29, 0.717) is 35.9 Å². The minimum atomic E-state index is -5.16. The molecule has 1 aliphatic rings. The number of allylic oxidation sites excluding steroid dienone is 5. The SMILES string of the molecule is CCN(Cc1ccccc1)c1ccc(C(=C2C=CC(=[N+](CC)Cc3ccccc3)C=C2)c2ccc(S(=O)(=O)O)cc2S(=O)(=O)[O-])cc1.[Na]. The van der Waals surface area contributed by atoms with Gasteiger partial charge in [0.25, 0.3) is 10.1 Å². The predicted octanol–water partition coefficient (Wildman–Crippen LogP) is 6.08. The van der Waals surface area contributed by atoms with Gasteiger partial charge >= 0.3 is 0 Å². The smallest absolute Gasteiger partial charge is 0.294 e. The molecule has 0 atom stereocenters. The van der Waals surface area contributed by atoms with Crippen LogP contribution in [-0.2, 0) is 33.3 Å². The summed E-state index contributed by atoms with van der Waals surface area (Å²) in [5, 5.41) is 0. The zero-order chi connectivity index (χ0) is 33.6. The van der Waals surface area contributed by atoms with Crippen LogP contribution in [0.15, 0.2) is 143 Å². The Kier molecular flexibility index (Phi) is 12.6. The maximum Gasteiger partial charge on any atom is 0.294 e. The molecule has 1 aliphatic carbocycles. The molecule has 0 saturated carbocycles. The molecule has 4 aromatic carbocycles. The summed E-state index contributed by atoms with van der Waals surface area (Å²) in [6, 6.07) is 30.8. The Labute approximate surface area is 305 Å². The van der Waals surface area contributed by atoms with E-state index in [4.69, 9.17) is 0 Å². The average Bonchev–Trinajstić information content (AvgIpc) is 3.07. The van der Waals surface area contributed by atoms with Crippen molar-refractivity contribution in [3.8, 4) is 0 Å². The van der Waals surface area contributed by atoms with Crippen LogP contribution in [0, 0.1) is 0 Å². The Morgan fingerprint density at radius 1 is 0.771 bits per heavy atom. The molecular weight excluding hydrogens is 656 g/mol. The van der Waals surface area contributed by atoms with Crippen molar-refractivity contribution in [1.29, 1.82) is 0 Å². The third-order valence-corrected chi connectivity index (χ3v) is 9.75. The van der Waals surface area contributed by atoms with E-state index >= 15 is 0 Å². The van der Waals surface area contributed by atoms with Crippen molar-refractivity contribution in [1.82, 2.24) is 0 Å². The molecule has 0 aromatic heterocycles. The summed E-state index contributed by atoms with van der Waals surface area (Å²) in [4.78, 5) is 0.780. The van der Waals surface area contributed by atoms with Gasteiger partial charge in [0.15, 0.2) is 12.3 Å². The average molecular weight is 692 g/mol. The van der Waals surface area contributed by atoms with E-state index in [9.17, 15) is 25.9 Å². The number of rotatable bonds is 11. The quantitative estimate of drug-likeness (QED) is 0.115. The molecule has 0 unspecified atom stereocenters. The van der Waals surface area contributed by atoms with Crippen molar-refractivity contribution < 1.29 is 30.5 Å². The van der Waals surface area contributed by atoms with Gasteiger partial charge in [-0.2, -0.15) is 8.42 Å². The molecule has 11 heteroatoms. The van der Waals surface area contributed by atoms with Gasteiger partial charge in [-0.15, -0.1) is 0 Å². The monoisotopic (exact) mass is 691 g/mol. The maximum atomic E-state index is 12.6. The summed E-state index contributed by atoms with van der Waals surface area (Å²) in [7, 11) is -9.93. The molecule has 4 aromatic rings. The number of hydrogen-bond acceptors (Lipinski definition) is 6. The molecule has 5 rings (SSSR count). The Bertz CT molecular complexity index is 2070. The van der Waals surface area contributed by atoms with E-state index in [2.05, 4.69) is 47.6 Å². The van der Waals surface area contributed by atoms with Crippen LogP contribution >= 0.6 is 0 Å². The second kappa shape index (κ2) is 16.2. The van der Waals surface area contributed by atoms with E-state index in [0.717, 1.165) is 41.7 Å². The van der Waals surface area contributed by atoms with E-state index in [1.807, 2.05) is 85.0 Å². The van der Waals surface area contributed by atoms with E-state index in [-0.39, 0.29) is 35.1 Å². The Morgan fingerprint density at radius 2 is 1.35 bits per heavy atom. The largest absolute Gasteiger partial charge is 0.744 e. The first-order valence-electron chi connectivity index (χ1n) is 15.2. The molecule has 0 amide bonds. The van der Waals surface area contributed by atoms with Crippen molar-refractivity contribution in [2.45, 2.75) is 36.7 Å². The first-order chi connectivity index (χ1) is 22.5. The zero-order valence-corrected chi connectivity index (χ0v) is 30.8. The van der Waals surface area contributed by atoms with Crippen molar-refractivity contribution in [3.63, 3.8) is 0 Å². The summed E-state index contributed by atoms with van der Waals surface area (Å²) in [5.74, 6) is 0. The molecular formula is C37H36N2NaO6S2. The van der Waals surface area contributed by atoms with Gasteiger partial charge in [-0.1, -0.05) is 78.9 Å². The van der Waals surface area contributed by atoms with Crippen LogP contribution in [0.5, 0.6) is 0 Å². The number of benzene rings is 4. The second-order valence-electron chi connectivity index (χ2n) is 11.1. The fourth-order valence-corrected chi connectivity index (χ4v) is 6.90. The molecule has 0 saturated heterocycles. The number of anilines is 1. The molecule has 0 bridgehead atoms. The van der Waals surface area contributed by atoms with Crippen molar-refractivity contribution in [2.75, 3.05) is 18.0 Å². The minimum absolute atomic E-state index is 0. The van der Waals surface area contributed by atoms with Gasteiger partial charge in [0.1, 0.15) is 16.7 Å². The van der Waals surface area contributed by atoms with Gasteiger partial charge < -0.3 is 9.45 Å². The third kappa shape index (κ3) is 9.09. The second-order valence-corrected chi connectivity index (χ2v) is 13.8. The van der Waals surface area contributed by atoms with Gasteiger partial charge in [0, 0.05) is 71.6 Å². The maximum absolute atomic E-state index is 12.6. The van der Waals surface area contributed by atoms with Crippen molar-refractivity contribution >= 4 is 66.8 Å². The summed E-state index contributed by atoms with van der Waals surface area (Å²) in [6.45, 7) is 7.02. The first-order valence-corrected chi connectivity index (χ1v) is 18.1. The normalized spacial score (nSPS) is 12.8. The zero-order valence-electron chi connectivity index (χ0n) is 27.2. The van der Waals surface area contributed by atoms with Gasteiger partial charge in [-0.05, 0) is 72.5 Å². The molecule has 8 nitrogen and oxygen atoms in total. The van der Waals surface area contributed by atoms with Crippen LogP contribution < -0.4 is 4.90 Å². The fourth-order valence-electron chi connectivity index (χ4n) is 5.61. The molecule has 1 N–H and O–H groups in total. The number of hydrogen-bond donors (Lipinski definition) is 1. The molecule has 0 spiro atoms. The number of nitrogens with zero attached hydrogens (tertiary/aromatic N) is 2. The summed E-state index contributed by atoms with van der Waals surface area (Å²) in [6.07, 6.45) is 7.59. The van der Waals surface area contributed by atoms with Gasteiger partial charge in [-0.3, -0.25) is 4.55 Å².